The standard InChI is InChI=1S/C24H35NO4S/c1-18(2)19(3)15-20(4)30(26,27)25(16-21-7-11-23(28-5)12-8-21)17-22-9-13-24(29-6)14-10-22/h7-14,18-20H,15-17H2,1-6H3. The van der Waals surface area contributed by atoms with Crippen LogP contribution in [-0.4, -0.2) is 32.2 Å². The lowest BCUT2D eigenvalue weighted by molar-refractivity contribution is 0.361. The molecule has 0 heterocycles. The first-order valence-electron chi connectivity index (χ1n) is 10.4. The minimum absolute atomic E-state index is 0.318. The summed E-state index contributed by atoms with van der Waals surface area (Å²) in [4.78, 5) is 0. The molecule has 0 aliphatic rings. The second kappa shape index (κ2) is 10.8. The third-order valence-electron chi connectivity index (χ3n) is 5.75. The second-order valence-electron chi connectivity index (χ2n) is 8.28. The third kappa shape index (κ3) is 6.47. The first kappa shape index (κ1) is 24.2. The Bertz CT molecular complexity index is 827. The highest BCUT2D eigenvalue weighted by molar-refractivity contribution is 7.89. The van der Waals surface area contributed by atoms with E-state index in [4.69, 9.17) is 9.47 Å². The summed E-state index contributed by atoms with van der Waals surface area (Å²) in [5.41, 5.74) is 1.86. The van der Waals surface area contributed by atoms with Crippen molar-refractivity contribution in [3.8, 4) is 11.5 Å². The summed E-state index contributed by atoms with van der Waals surface area (Å²) in [6.07, 6.45) is 0.641. The van der Waals surface area contributed by atoms with E-state index in [2.05, 4.69) is 20.8 Å². The van der Waals surface area contributed by atoms with Gasteiger partial charge in [-0.25, -0.2) is 8.42 Å². The van der Waals surface area contributed by atoms with Gasteiger partial charge in [-0.1, -0.05) is 45.0 Å². The molecule has 0 fully saturated rings. The Morgan fingerprint density at radius 1 is 0.767 bits per heavy atom. The molecule has 0 amide bonds. The van der Waals surface area contributed by atoms with Gasteiger partial charge in [-0.15, -0.1) is 0 Å². The number of nitrogens with zero attached hydrogens (tertiary/aromatic N) is 1. The Morgan fingerprint density at radius 3 is 1.50 bits per heavy atom. The number of hydrogen-bond acceptors (Lipinski definition) is 4. The first-order valence-corrected chi connectivity index (χ1v) is 11.9. The van der Waals surface area contributed by atoms with Crippen LogP contribution in [0.1, 0.15) is 45.2 Å². The summed E-state index contributed by atoms with van der Waals surface area (Å²) in [6.45, 7) is 8.85. The zero-order valence-corrected chi connectivity index (χ0v) is 19.8. The van der Waals surface area contributed by atoms with Crippen molar-refractivity contribution in [3.63, 3.8) is 0 Å². The summed E-state index contributed by atoms with van der Waals surface area (Å²) < 4.78 is 39.1. The first-order chi connectivity index (χ1) is 14.2. The van der Waals surface area contributed by atoms with Crippen LogP contribution in [0.5, 0.6) is 11.5 Å². The molecule has 2 aromatic rings. The van der Waals surface area contributed by atoms with E-state index >= 15 is 0 Å². The minimum Gasteiger partial charge on any atom is -0.497 e. The summed E-state index contributed by atoms with van der Waals surface area (Å²) in [5, 5.41) is -0.452. The van der Waals surface area contributed by atoms with Crippen LogP contribution in [0.4, 0.5) is 0 Å². The van der Waals surface area contributed by atoms with Crippen molar-refractivity contribution in [2.24, 2.45) is 11.8 Å². The molecule has 2 aromatic carbocycles. The molecular formula is C24H35NO4S. The molecule has 2 unspecified atom stereocenters. The summed E-state index contributed by atoms with van der Waals surface area (Å²) in [7, 11) is -0.250. The third-order valence-corrected chi connectivity index (χ3v) is 7.93. The van der Waals surface area contributed by atoms with Crippen LogP contribution in [0.3, 0.4) is 0 Å². The summed E-state index contributed by atoms with van der Waals surface area (Å²) in [6, 6.07) is 15.1. The summed E-state index contributed by atoms with van der Waals surface area (Å²) >= 11 is 0. The largest absolute Gasteiger partial charge is 0.497 e. The van der Waals surface area contributed by atoms with Crippen LogP contribution in [0.2, 0.25) is 0 Å². The van der Waals surface area contributed by atoms with Gasteiger partial charge in [0.05, 0.1) is 19.5 Å². The molecule has 166 valence electrons. The van der Waals surface area contributed by atoms with Crippen molar-refractivity contribution in [1.29, 1.82) is 0 Å². The van der Waals surface area contributed by atoms with E-state index in [1.807, 2.05) is 55.5 Å². The van der Waals surface area contributed by atoms with Crippen LogP contribution in [0.15, 0.2) is 48.5 Å². The number of methoxy groups -OCH3 is 2. The molecule has 0 bridgehead atoms. The zero-order valence-electron chi connectivity index (χ0n) is 19.0. The highest BCUT2D eigenvalue weighted by Gasteiger charge is 2.30. The maximum atomic E-state index is 13.5. The Morgan fingerprint density at radius 2 is 1.17 bits per heavy atom. The van der Waals surface area contributed by atoms with Crippen LogP contribution in [0.25, 0.3) is 0 Å². The van der Waals surface area contributed by atoms with Gasteiger partial charge in [-0.3, -0.25) is 0 Å². The average molecular weight is 434 g/mol. The fraction of sp³-hybridized carbons (Fsp3) is 0.500. The molecule has 0 spiro atoms. The zero-order chi connectivity index (χ0) is 22.3. The van der Waals surface area contributed by atoms with Crippen LogP contribution in [-0.2, 0) is 23.1 Å². The van der Waals surface area contributed by atoms with E-state index in [0.29, 0.717) is 31.3 Å². The Labute approximate surface area is 182 Å². The topological polar surface area (TPSA) is 55.8 Å². The van der Waals surface area contributed by atoms with E-state index in [9.17, 15) is 8.42 Å². The predicted octanol–water partition coefficient (Wildman–Crippen LogP) is 5.11. The van der Waals surface area contributed by atoms with Crippen molar-refractivity contribution < 1.29 is 17.9 Å². The second-order valence-corrected chi connectivity index (χ2v) is 10.6. The van der Waals surface area contributed by atoms with Crippen molar-refractivity contribution >= 4 is 10.0 Å². The number of sulfonamides is 1. The van der Waals surface area contributed by atoms with Crippen molar-refractivity contribution in [3.05, 3.63) is 59.7 Å². The van der Waals surface area contributed by atoms with Gasteiger partial charge in [-0.05, 0) is 60.6 Å². The minimum atomic E-state index is -3.49. The van der Waals surface area contributed by atoms with Gasteiger partial charge in [0.1, 0.15) is 11.5 Å². The molecular weight excluding hydrogens is 398 g/mol. The molecule has 0 saturated carbocycles. The highest BCUT2D eigenvalue weighted by Crippen LogP contribution is 2.25. The molecule has 2 atom stereocenters. The Hall–Kier alpha value is -2.05. The quantitative estimate of drug-likeness (QED) is 0.494. The van der Waals surface area contributed by atoms with Crippen LogP contribution >= 0.6 is 0 Å². The highest BCUT2D eigenvalue weighted by atomic mass is 32.2. The molecule has 0 N–H and O–H groups in total. The molecule has 0 aromatic heterocycles. The van der Waals surface area contributed by atoms with E-state index in [1.54, 1.807) is 18.5 Å². The normalized spacial score (nSPS) is 14.0. The number of rotatable bonds is 11. The van der Waals surface area contributed by atoms with E-state index in [-0.39, 0.29) is 0 Å². The Balaban J connectivity index is 2.29. The fourth-order valence-corrected chi connectivity index (χ4v) is 4.99. The molecule has 0 saturated heterocycles. The molecule has 2 rings (SSSR count). The van der Waals surface area contributed by atoms with Gasteiger partial charge < -0.3 is 9.47 Å². The lowest BCUT2D eigenvalue weighted by Gasteiger charge is -2.28. The fourth-order valence-electron chi connectivity index (χ4n) is 3.28. The van der Waals surface area contributed by atoms with E-state index in [1.165, 1.54) is 0 Å². The Kier molecular flexibility index (Phi) is 8.74. The maximum absolute atomic E-state index is 13.5. The lowest BCUT2D eigenvalue weighted by atomic mass is 9.93. The van der Waals surface area contributed by atoms with E-state index < -0.39 is 15.3 Å². The average Bonchev–Trinajstić information content (AvgIpc) is 2.74. The SMILES string of the molecule is COc1ccc(CN(Cc2ccc(OC)cc2)S(=O)(=O)C(C)CC(C)C(C)C)cc1. The molecule has 5 nitrogen and oxygen atoms in total. The summed E-state index contributed by atoms with van der Waals surface area (Å²) in [5.74, 6) is 2.28. The molecule has 0 aliphatic heterocycles. The van der Waals surface area contributed by atoms with Crippen molar-refractivity contribution in [2.75, 3.05) is 14.2 Å². The van der Waals surface area contributed by atoms with Gasteiger partial charge in [0.15, 0.2) is 0 Å². The number of hydrogen-bond donors (Lipinski definition) is 0. The van der Waals surface area contributed by atoms with Crippen molar-refractivity contribution in [1.82, 2.24) is 4.31 Å². The van der Waals surface area contributed by atoms with Crippen LogP contribution in [0, 0.1) is 11.8 Å². The lowest BCUT2D eigenvalue weighted by Crippen LogP contribution is -2.37. The van der Waals surface area contributed by atoms with Gasteiger partial charge in [0.25, 0.3) is 0 Å². The predicted molar refractivity (Wildman–Crippen MR) is 122 cm³/mol. The van der Waals surface area contributed by atoms with Gasteiger partial charge in [-0.2, -0.15) is 4.31 Å². The molecule has 0 aliphatic carbocycles. The molecule has 30 heavy (non-hydrogen) atoms. The monoisotopic (exact) mass is 433 g/mol. The smallest absolute Gasteiger partial charge is 0.217 e. The van der Waals surface area contributed by atoms with Crippen molar-refractivity contribution in [2.45, 2.75) is 52.5 Å². The van der Waals surface area contributed by atoms with Gasteiger partial charge in [0, 0.05) is 13.1 Å². The number of ether oxygens (including phenoxy) is 2. The maximum Gasteiger partial charge on any atom is 0.217 e. The van der Waals surface area contributed by atoms with Crippen LogP contribution < -0.4 is 9.47 Å². The van der Waals surface area contributed by atoms with Gasteiger partial charge in [0.2, 0.25) is 10.0 Å². The number of benzene rings is 2. The molecule has 6 heteroatoms. The molecule has 0 radical (unpaired) electrons. The van der Waals surface area contributed by atoms with Gasteiger partial charge >= 0.3 is 0 Å². The van der Waals surface area contributed by atoms with E-state index in [0.717, 1.165) is 22.6 Å².